The summed E-state index contributed by atoms with van der Waals surface area (Å²) in [7, 11) is 1.41. The van der Waals surface area contributed by atoms with E-state index in [1.807, 2.05) is 61.5 Å². The van der Waals surface area contributed by atoms with E-state index in [2.05, 4.69) is 10.3 Å². The zero-order valence-electron chi connectivity index (χ0n) is 16.6. The number of nitro benzene ring substituents is 1. The highest BCUT2D eigenvalue weighted by Gasteiger charge is 2.39. The molecule has 8 nitrogen and oxygen atoms in total. The van der Waals surface area contributed by atoms with Crippen LogP contribution in [0.15, 0.2) is 72.8 Å². The van der Waals surface area contributed by atoms with Crippen molar-refractivity contribution in [2.45, 2.75) is 19.1 Å². The van der Waals surface area contributed by atoms with Crippen LogP contribution in [0.2, 0.25) is 0 Å². The Balaban J connectivity index is 1.97. The number of hydrogen-bond acceptors (Lipinski definition) is 6. The SMILES string of the molecule is CCC(Oc1ccccc1)(c1ccc([N+](=O)[O-])c(OC)c1)n1nnc2ccccc21. The van der Waals surface area contributed by atoms with Crippen LogP contribution in [-0.4, -0.2) is 27.0 Å². The second-order valence-electron chi connectivity index (χ2n) is 6.69. The zero-order chi connectivity index (χ0) is 21.1. The summed E-state index contributed by atoms with van der Waals surface area (Å²) >= 11 is 0. The first-order valence-electron chi connectivity index (χ1n) is 9.47. The monoisotopic (exact) mass is 404 g/mol. The number of nitro groups is 1. The highest BCUT2D eigenvalue weighted by atomic mass is 16.6. The Labute approximate surface area is 172 Å². The minimum absolute atomic E-state index is 0.116. The van der Waals surface area contributed by atoms with E-state index in [0.29, 0.717) is 17.7 Å². The minimum atomic E-state index is -1.10. The zero-order valence-corrected chi connectivity index (χ0v) is 16.6. The number of methoxy groups -OCH3 is 1. The van der Waals surface area contributed by atoms with Crippen LogP contribution in [0.25, 0.3) is 11.0 Å². The van der Waals surface area contributed by atoms with Crippen molar-refractivity contribution in [2.75, 3.05) is 7.11 Å². The lowest BCUT2D eigenvalue weighted by atomic mass is 9.98. The van der Waals surface area contributed by atoms with E-state index in [-0.39, 0.29) is 11.4 Å². The maximum absolute atomic E-state index is 11.4. The van der Waals surface area contributed by atoms with Crippen LogP contribution in [0.5, 0.6) is 11.5 Å². The first kappa shape index (κ1) is 19.4. The van der Waals surface area contributed by atoms with Crippen LogP contribution >= 0.6 is 0 Å². The predicted molar refractivity (Wildman–Crippen MR) is 112 cm³/mol. The van der Waals surface area contributed by atoms with Gasteiger partial charge in [-0.05, 0) is 36.4 Å². The second kappa shape index (κ2) is 7.82. The summed E-state index contributed by atoms with van der Waals surface area (Å²) in [4.78, 5) is 10.9. The van der Waals surface area contributed by atoms with Crippen molar-refractivity contribution < 1.29 is 14.4 Å². The summed E-state index contributed by atoms with van der Waals surface area (Å²) in [6.45, 7) is 1.97. The summed E-state index contributed by atoms with van der Waals surface area (Å²) in [6.07, 6.45) is 0.482. The van der Waals surface area contributed by atoms with Gasteiger partial charge in [-0.25, -0.2) is 0 Å². The Morgan fingerprint density at radius 1 is 1.07 bits per heavy atom. The van der Waals surface area contributed by atoms with Crippen molar-refractivity contribution in [2.24, 2.45) is 0 Å². The van der Waals surface area contributed by atoms with E-state index in [1.165, 1.54) is 13.2 Å². The number of ether oxygens (including phenoxy) is 2. The van der Waals surface area contributed by atoms with E-state index in [9.17, 15) is 10.1 Å². The van der Waals surface area contributed by atoms with Gasteiger partial charge in [0, 0.05) is 18.1 Å². The lowest BCUT2D eigenvalue weighted by molar-refractivity contribution is -0.385. The Bertz CT molecular complexity index is 1190. The minimum Gasteiger partial charge on any atom is -0.490 e. The fourth-order valence-electron chi connectivity index (χ4n) is 3.54. The van der Waals surface area contributed by atoms with Gasteiger partial charge in [-0.1, -0.05) is 42.5 Å². The summed E-state index contributed by atoms with van der Waals surface area (Å²) < 4.78 is 13.5. The topological polar surface area (TPSA) is 92.3 Å². The first-order valence-corrected chi connectivity index (χ1v) is 9.47. The lowest BCUT2D eigenvalue weighted by Crippen LogP contribution is -2.41. The van der Waals surface area contributed by atoms with Gasteiger partial charge in [0.1, 0.15) is 11.3 Å². The third kappa shape index (κ3) is 3.22. The van der Waals surface area contributed by atoms with Crippen molar-refractivity contribution in [3.8, 4) is 11.5 Å². The molecule has 0 amide bonds. The maximum atomic E-state index is 11.4. The molecule has 0 aliphatic heterocycles. The maximum Gasteiger partial charge on any atom is 0.310 e. The molecule has 3 aromatic carbocycles. The molecule has 152 valence electrons. The molecule has 30 heavy (non-hydrogen) atoms. The van der Waals surface area contributed by atoms with E-state index in [0.717, 1.165) is 11.0 Å². The summed E-state index contributed by atoms with van der Waals surface area (Å²) in [5, 5.41) is 20.0. The average Bonchev–Trinajstić information content (AvgIpc) is 3.22. The number of hydrogen-bond donors (Lipinski definition) is 0. The van der Waals surface area contributed by atoms with Gasteiger partial charge in [-0.15, -0.1) is 5.10 Å². The molecule has 4 rings (SSSR count). The van der Waals surface area contributed by atoms with Crippen LogP contribution in [0.4, 0.5) is 5.69 Å². The molecule has 0 aliphatic rings. The molecule has 0 N–H and O–H groups in total. The number of nitrogens with zero attached hydrogens (tertiary/aromatic N) is 4. The normalized spacial score (nSPS) is 13.0. The molecule has 1 heterocycles. The van der Waals surface area contributed by atoms with Gasteiger partial charge in [0.15, 0.2) is 5.75 Å². The van der Waals surface area contributed by atoms with Crippen molar-refractivity contribution in [1.82, 2.24) is 15.0 Å². The van der Waals surface area contributed by atoms with Gasteiger partial charge < -0.3 is 9.47 Å². The van der Waals surface area contributed by atoms with Crippen LogP contribution in [0.1, 0.15) is 18.9 Å². The molecule has 0 radical (unpaired) electrons. The Hall–Kier alpha value is -3.94. The Morgan fingerprint density at radius 2 is 1.80 bits per heavy atom. The Kier molecular flexibility index (Phi) is 5.05. The van der Waals surface area contributed by atoms with Crippen molar-refractivity contribution in [3.63, 3.8) is 0 Å². The molecule has 0 fully saturated rings. The fourth-order valence-corrected chi connectivity index (χ4v) is 3.54. The van der Waals surface area contributed by atoms with Crippen molar-refractivity contribution in [3.05, 3.63) is 88.5 Å². The van der Waals surface area contributed by atoms with Gasteiger partial charge >= 0.3 is 5.69 Å². The van der Waals surface area contributed by atoms with Crippen LogP contribution in [-0.2, 0) is 5.72 Å². The average molecular weight is 404 g/mol. The summed E-state index contributed by atoms with van der Waals surface area (Å²) in [5.41, 5.74) is 0.953. The van der Waals surface area contributed by atoms with E-state index >= 15 is 0 Å². The smallest absolute Gasteiger partial charge is 0.310 e. The molecular formula is C22H20N4O4. The highest BCUT2D eigenvalue weighted by Crippen LogP contribution is 2.38. The highest BCUT2D eigenvalue weighted by molar-refractivity contribution is 5.74. The van der Waals surface area contributed by atoms with Crippen molar-refractivity contribution >= 4 is 16.7 Å². The van der Waals surface area contributed by atoms with Crippen LogP contribution < -0.4 is 9.47 Å². The number of aromatic nitrogens is 3. The molecule has 1 aromatic heterocycles. The third-order valence-electron chi connectivity index (χ3n) is 5.03. The predicted octanol–water partition coefficient (Wildman–Crippen LogP) is 4.54. The first-order chi connectivity index (χ1) is 14.6. The largest absolute Gasteiger partial charge is 0.490 e. The van der Waals surface area contributed by atoms with Gasteiger partial charge in [-0.2, -0.15) is 4.68 Å². The van der Waals surface area contributed by atoms with Gasteiger partial charge in [0.25, 0.3) is 0 Å². The molecule has 8 heteroatoms. The van der Waals surface area contributed by atoms with E-state index in [1.54, 1.807) is 16.8 Å². The van der Waals surface area contributed by atoms with Gasteiger partial charge in [0.05, 0.1) is 17.5 Å². The van der Waals surface area contributed by atoms with Gasteiger partial charge in [-0.3, -0.25) is 10.1 Å². The second-order valence-corrected chi connectivity index (χ2v) is 6.69. The third-order valence-corrected chi connectivity index (χ3v) is 5.03. The molecule has 4 aromatic rings. The standard InChI is InChI=1S/C22H20N4O4/c1-3-22(30-17-9-5-4-6-10-17,25-19-12-8-7-11-18(19)23-24-25)16-13-14-20(26(27)28)21(15-16)29-2/h4-15H,3H2,1-2H3. The summed E-state index contributed by atoms with van der Waals surface area (Å²) in [5.74, 6) is 0.785. The molecule has 0 saturated heterocycles. The molecule has 0 bridgehead atoms. The number of fused-ring (bicyclic) bond motifs is 1. The summed E-state index contributed by atoms with van der Waals surface area (Å²) in [6, 6.07) is 21.7. The van der Waals surface area contributed by atoms with Crippen LogP contribution in [0, 0.1) is 10.1 Å². The van der Waals surface area contributed by atoms with Crippen molar-refractivity contribution in [1.29, 1.82) is 0 Å². The molecule has 0 spiro atoms. The Morgan fingerprint density at radius 3 is 2.50 bits per heavy atom. The molecule has 0 saturated carbocycles. The number of benzene rings is 3. The molecule has 1 unspecified atom stereocenters. The number of para-hydroxylation sites is 2. The number of rotatable bonds is 7. The lowest BCUT2D eigenvalue weighted by Gasteiger charge is -2.34. The van der Waals surface area contributed by atoms with Crippen LogP contribution in [0.3, 0.4) is 0 Å². The molecule has 1 atom stereocenters. The van der Waals surface area contributed by atoms with Gasteiger partial charge in [0.2, 0.25) is 5.72 Å². The quantitative estimate of drug-likeness (QED) is 0.332. The molecule has 0 aliphatic carbocycles. The molecular weight excluding hydrogens is 384 g/mol. The fraction of sp³-hybridized carbons (Fsp3) is 0.182. The van der Waals surface area contributed by atoms with E-state index < -0.39 is 10.6 Å². The van der Waals surface area contributed by atoms with E-state index in [4.69, 9.17) is 9.47 Å².